The summed E-state index contributed by atoms with van der Waals surface area (Å²) in [6.45, 7) is 1.46. The lowest BCUT2D eigenvalue weighted by molar-refractivity contribution is -0.113. The third kappa shape index (κ3) is 4.12. The van der Waals surface area contributed by atoms with Crippen molar-refractivity contribution >= 4 is 29.1 Å². The number of carbonyl (C=O) groups excluding carboxylic acids is 2. The maximum atomic E-state index is 13.9. The zero-order valence-corrected chi connectivity index (χ0v) is 14.5. The molecule has 1 N–H and O–H groups in total. The smallest absolute Gasteiger partial charge is 0.234 e. The van der Waals surface area contributed by atoms with Crippen LogP contribution in [0.25, 0.3) is 5.69 Å². The number of Topliss-reactive ketones (excluding diaryl/α,β-unsaturated/α-hetero) is 1. The molecule has 0 bridgehead atoms. The molecule has 26 heavy (non-hydrogen) atoms. The van der Waals surface area contributed by atoms with E-state index < -0.39 is 5.82 Å². The van der Waals surface area contributed by atoms with Crippen LogP contribution in [-0.2, 0) is 4.79 Å². The lowest BCUT2D eigenvalue weighted by atomic mass is 10.1. The van der Waals surface area contributed by atoms with Crippen LogP contribution in [0.1, 0.15) is 17.3 Å². The van der Waals surface area contributed by atoms with Crippen molar-refractivity contribution in [2.24, 2.45) is 0 Å². The van der Waals surface area contributed by atoms with Crippen LogP contribution in [0, 0.1) is 5.82 Å². The molecule has 0 fully saturated rings. The molecule has 0 saturated heterocycles. The van der Waals surface area contributed by atoms with Crippen molar-refractivity contribution in [3.05, 3.63) is 59.9 Å². The van der Waals surface area contributed by atoms with Crippen LogP contribution in [0.15, 0.2) is 53.7 Å². The third-order valence-electron chi connectivity index (χ3n) is 3.41. The number of amides is 1. The van der Waals surface area contributed by atoms with Gasteiger partial charge in [0, 0.05) is 11.3 Å². The summed E-state index contributed by atoms with van der Waals surface area (Å²) in [7, 11) is 0. The average molecular weight is 371 g/mol. The fourth-order valence-electron chi connectivity index (χ4n) is 2.19. The number of anilines is 1. The lowest BCUT2D eigenvalue weighted by Gasteiger charge is -2.07. The molecule has 0 unspecified atom stereocenters. The van der Waals surface area contributed by atoms with Crippen molar-refractivity contribution < 1.29 is 14.0 Å². The number of aromatic nitrogens is 4. The molecule has 132 valence electrons. The van der Waals surface area contributed by atoms with Gasteiger partial charge in [-0.2, -0.15) is 4.68 Å². The van der Waals surface area contributed by atoms with Gasteiger partial charge in [-0.1, -0.05) is 36.0 Å². The number of carbonyl (C=O) groups is 2. The Balaban J connectivity index is 1.66. The maximum absolute atomic E-state index is 13.9. The second kappa shape index (κ2) is 7.87. The van der Waals surface area contributed by atoms with Crippen LogP contribution in [0.5, 0.6) is 0 Å². The molecule has 0 atom stereocenters. The highest BCUT2D eigenvalue weighted by atomic mass is 32.2. The number of hydrogen-bond acceptors (Lipinski definition) is 6. The Kier molecular flexibility index (Phi) is 5.37. The first-order valence-electron chi connectivity index (χ1n) is 7.61. The molecule has 0 spiro atoms. The first-order valence-corrected chi connectivity index (χ1v) is 8.60. The molecule has 2 aromatic carbocycles. The summed E-state index contributed by atoms with van der Waals surface area (Å²) in [5, 5.41) is 14.1. The number of tetrazole rings is 1. The van der Waals surface area contributed by atoms with Gasteiger partial charge in [0.25, 0.3) is 0 Å². The largest absolute Gasteiger partial charge is 0.325 e. The summed E-state index contributed by atoms with van der Waals surface area (Å²) >= 11 is 1.08. The first kappa shape index (κ1) is 17.7. The van der Waals surface area contributed by atoms with E-state index in [1.165, 1.54) is 17.7 Å². The number of para-hydroxylation sites is 1. The van der Waals surface area contributed by atoms with Crippen LogP contribution in [0.2, 0.25) is 0 Å². The number of ketones is 1. The summed E-state index contributed by atoms with van der Waals surface area (Å²) in [5.74, 6) is -0.815. The minimum absolute atomic E-state index is 0.0269. The SMILES string of the molecule is CC(=O)c1cccc(NC(=O)CSc2nnnn2-c2ccccc2F)c1. The summed E-state index contributed by atoms with van der Waals surface area (Å²) in [6.07, 6.45) is 0. The fourth-order valence-corrected chi connectivity index (χ4v) is 2.87. The van der Waals surface area contributed by atoms with Crippen LogP contribution >= 0.6 is 11.8 Å². The van der Waals surface area contributed by atoms with Crippen LogP contribution in [0.3, 0.4) is 0 Å². The van der Waals surface area contributed by atoms with Crippen LogP contribution in [0.4, 0.5) is 10.1 Å². The molecule has 1 aromatic heterocycles. The molecule has 0 aliphatic heterocycles. The molecule has 3 aromatic rings. The van der Waals surface area contributed by atoms with E-state index in [0.29, 0.717) is 16.4 Å². The normalized spacial score (nSPS) is 10.5. The van der Waals surface area contributed by atoms with Crippen molar-refractivity contribution in [3.8, 4) is 5.69 Å². The van der Waals surface area contributed by atoms with Gasteiger partial charge in [0.1, 0.15) is 11.5 Å². The van der Waals surface area contributed by atoms with Gasteiger partial charge < -0.3 is 5.32 Å². The number of halogens is 1. The Morgan fingerprint density at radius 3 is 2.77 bits per heavy atom. The number of benzene rings is 2. The Labute approximate surface area is 152 Å². The summed E-state index contributed by atoms with van der Waals surface area (Å²) in [6, 6.07) is 12.8. The topological polar surface area (TPSA) is 89.8 Å². The third-order valence-corrected chi connectivity index (χ3v) is 4.33. The standard InChI is InChI=1S/C17H14FN5O2S/c1-11(24)12-5-4-6-13(9-12)19-16(25)10-26-17-20-21-22-23(17)15-8-3-2-7-14(15)18/h2-9H,10H2,1H3,(H,19,25). The van der Waals surface area contributed by atoms with Crippen molar-refractivity contribution in [1.82, 2.24) is 20.2 Å². The van der Waals surface area contributed by atoms with Crippen molar-refractivity contribution in [2.75, 3.05) is 11.1 Å². The minimum Gasteiger partial charge on any atom is -0.325 e. The second-order valence-corrected chi connectivity index (χ2v) is 6.24. The quantitative estimate of drug-likeness (QED) is 0.529. The Morgan fingerprint density at radius 2 is 2.00 bits per heavy atom. The molecule has 0 radical (unpaired) electrons. The van der Waals surface area contributed by atoms with E-state index in [1.54, 1.807) is 42.5 Å². The molecule has 1 amide bonds. The van der Waals surface area contributed by atoms with E-state index in [4.69, 9.17) is 0 Å². The predicted molar refractivity (Wildman–Crippen MR) is 94.9 cm³/mol. The molecular formula is C17H14FN5O2S. The van der Waals surface area contributed by atoms with Crippen LogP contribution in [-0.4, -0.2) is 37.7 Å². The highest BCUT2D eigenvalue weighted by Gasteiger charge is 2.14. The lowest BCUT2D eigenvalue weighted by Crippen LogP contribution is -2.15. The van der Waals surface area contributed by atoms with Gasteiger partial charge >= 0.3 is 0 Å². The molecule has 0 aliphatic rings. The minimum atomic E-state index is -0.466. The van der Waals surface area contributed by atoms with Crippen molar-refractivity contribution in [1.29, 1.82) is 0 Å². The average Bonchev–Trinajstić information content (AvgIpc) is 3.09. The summed E-state index contributed by atoms with van der Waals surface area (Å²) in [4.78, 5) is 23.5. The van der Waals surface area contributed by atoms with Gasteiger partial charge in [-0.15, -0.1) is 5.10 Å². The van der Waals surface area contributed by atoms with E-state index in [-0.39, 0.29) is 23.1 Å². The highest BCUT2D eigenvalue weighted by Crippen LogP contribution is 2.20. The van der Waals surface area contributed by atoms with Gasteiger partial charge in [0.2, 0.25) is 11.1 Å². The number of nitrogens with one attached hydrogen (secondary N) is 1. The van der Waals surface area contributed by atoms with E-state index in [9.17, 15) is 14.0 Å². The molecular weight excluding hydrogens is 357 g/mol. The van der Waals surface area contributed by atoms with Crippen LogP contribution < -0.4 is 5.32 Å². The van der Waals surface area contributed by atoms with Gasteiger partial charge in [0.15, 0.2) is 5.78 Å². The van der Waals surface area contributed by atoms with E-state index in [2.05, 4.69) is 20.8 Å². The number of nitrogens with zero attached hydrogens (tertiary/aromatic N) is 4. The zero-order chi connectivity index (χ0) is 18.5. The first-order chi connectivity index (χ1) is 12.5. The molecule has 0 saturated carbocycles. The Bertz CT molecular complexity index is 960. The predicted octanol–water partition coefficient (Wildman–Crippen LogP) is 2.73. The molecule has 3 rings (SSSR count). The molecule has 9 heteroatoms. The van der Waals surface area contributed by atoms with E-state index >= 15 is 0 Å². The zero-order valence-electron chi connectivity index (χ0n) is 13.7. The molecule has 0 aliphatic carbocycles. The summed E-state index contributed by atoms with van der Waals surface area (Å²) in [5.41, 5.74) is 1.24. The molecule has 7 nitrogen and oxygen atoms in total. The maximum Gasteiger partial charge on any atom is 0.234 e. The van der Waals surface area contributed by atoms with E-state index in [1.807, 2.05) is 0 Å². The Morgan fingerprint density at radius 1 is 1.19 bits per heavy atom. The number of thioether (sulfide) groups is 1. The fraction of sp³-hybridized carbons (Fsp3) is 0.118. The second-order valence-electron chi connectivity index (χ2n) is 5.30. The molecule has 1 heterocycles. The number of rotatable bonds is 6. The monoisotopic (exact) mass is 371 g/mol. The van der Waals surface area contributed by atoms with Gasteiger partial charge in [-0.05, 0) is 41.6 Å². The van der Waals surface area contributed by atoms with Gasteiger partial charge in [0.05, 0.1) is 5.75 Å². The van der Waals surface area contributed by atoms with Crippen molar-refractivity contribution in [3.63, 3.8) is 0 Å². The highest BCUT2D eigenvalue weighted by molar-refractivity contribution is 7.99. The van der Waals surface area contributed by atoms with Gasteiger partial charge in [-0.25, -0.2) is 4.39 Å². The Hall–Kier alpha value is -3.07. The van der Waals surface area contributed by atoms with E-state index in [0.717, 1.165) is 11.8 Å². The summed E-state index contributed by atoms with van der Waals surface area (Å²) < 4.78 is 15.1. The van der Waals surface area contributed by atoms with Crippen molar-refractivity contribution in [2.45, 2.75) is 12.1 Å². The van der Waals surface area contributed by atoms with Gasteiger partial charge in [-0.3, -0.25) is 9.59 Å². The number of hydrogen-bond donors (Lipinski definition) is 1.